The van der Waals surface area contributed by atoms with Gasteiger partial charge in [0, 0.05) is 62.8 Å². The average molecular weight is 455 g/mol. The van der Waals surface area contributed by atoms with Crippen LogP contribution in [0.25, 0.3) is 0 Å². The third kappa shape index (κ3) is 6.94. The number of hydrogen-bond donors (Lipinski definition) is 0. The fourth-order valence-corrected chi connectivity index (χ4v) is 4.11. The molecule has 0 amide bonds. The SMILES string of the molecule is C(#CC1CC1)c1cnc(N2CCCCC2)nc1.C(#CC1CC1)c1cnc(N2CCCCC2)nc1. The van der Waals surface area contributed by atoms with Crippen molar-refractivity contribution in [3.8, 4) is 23.7 Å². The van der Waals surface area contributed by atoms with Crippen molar-refractivity contribution in [2.24, 2.45) is 11.8 Å². The molecule has 2 aromatic heterocycles. The first-order chi connectivity index (χ1) is 16.8. The molecule has 6 rings (SSSR count). The molecule has 0 bridgehead atoms. The van der Waals surface area contributed by atoms with Crippen LogP contribution in [0.3, 0.4) is 0 Å². The van der Waals surface area contributed by atoms with Crippen LogP contribution in [0.15, 0.2) is 24.8 Å². The maximum Gasteiger partial charge on any atom is 0.225 e. The summed E-state index contributed by atoms with van der Waals surface area (Å²) in [5.41, 5.74) is 1.88. The van der Waals surface area contributed by atoms with Gasteiger partial charge in [-0.25, -0.2) is 19.9 Å². The van der Waals surface area contributed by atoms with Crippen LogP contribution in [0, 0.1) is 35.5 Å². The zero-order chi connectivity index (χ0) is 23.0. The number of aromatic nitrogens is 4. The molecule has 0 unspecified atom stereocenters. The van der Waals surface area contributed by atoms with Gasteiger partial charge in [0.25, 0.3) is 0 Å². The van der Waals surface area contributed by atoms with Crippen LogP contribution in [0.5, 0.6) is 0 Å². The van der Waals surface area contributed by atoms with Crippen LogP contribution in [0.4, 0.5) is 11.9 Å². The fourth-order valence-electron chi connectivity index (χ4n) is 4.11. The summed E-state index contributed by atoms with van der Waals surface area (Å²) in [6, 6.07) is 0. The first-order valence-electron chi connectivity index (χ1n) is 13.0. The highest BCUT2D eigenvalue weighted by molar-refractivity contribution is 5.38. The van der Waals surface area contributed by atoms with Crippen molar-refractivity contribution in [1.82, 2.24) is 19.9 Å². The molecule has 4 heterocycles. The van der Waals surface area contributed by atoms with Gasteiger partial charge in [0.2, 0.25) is 11.9 Å². The highest BCUT2D eigenvalue weighted by Crippen LogP contribution is 2.28. The minimum atomic E-state index is 0.636. The fraction of sp³-hybridized carbons (Fsp3) is 0.571. The van der Waals surface area contributed by atoms with E-state index in [-0.39, 0.29) is 0 Å². The first kappa shape index (κ1) is 22.7. The van der Waals surface area contributed by atoms with Crippen LogP contribution < -0.4 is 9.80 Å². The summed E-state index contributed by atoms with van der Waals surface area (Å²) >= 11 is 0. The average Bonchev–Trinajstić information content (AvgIpc) is 3.84. The smallest absolute Gasteiger partial charge is 0.225 e. The molecule has 4 aliphatic rings. The normalized spacial score (nSPS) is 19.6. The second kappa shape index (κ2) is 11.3. The van der Waals surface area contributed by atoms with E-state index in [0.29, 0.717) is 11.8 Å². The highest BCUT2D eigenvalue weighted by Gasteiger charge is 2.18. The van der Waals surface area contributed by atoms with E-state index in [9.17, 15) is 0 Å². The summed E-state index contributed by atoms with van der Waals surface area (Å²) in [5, 5.41) is 0. The molecule has 0 aromatic carbocycles. The summed E-state index contributed by atoms with van der Waals surface area (Å²) in [5.74, 6) is 15.7. The summed E-state index contributed by atoms with van der Waals surface area (Å²) < 4.78 is 0. The van der Waals surface area contributed by atoms with Gasteiger partial charge in [0.05, 0.1) is 11.1 Å². The minimum absolute atomic E-state index is 0.636. The molecule has 0 spiro atoms. The van der Waals surface area contributed by atoms with Gasteiger partial charge in [-0.1, -0.05) is 23.7 Å². The third-order valence-electron chi connectivity index (χ3n) is 6.55. The Bertz CT molecular complexity index is 949. The Morgan fingerprint density at radius 2 is 0.882 bits per heavy atom. The molecule has 0 radical (unpaired) electrons. The lowest BCUT2D eigenvalue weighted by Gasteiger charge is -2.26. The van der Waals surface area contributed by atoms with Crippen molar-refractivity contribution in [1.29, 1.82) is 0 Å². The van der Waals surface area contributed by atoms with Crippen LogP contribution in [-0.2, 0) is 0 Å². The molecule has 4 fully saturated rings. The molecule has 6 nitrogen and oxygen atoms in total. The number of rotatable bonds is 2. The van der Waals surface area contributed by atoms with Crippen molar-refractivity contribution in [3.05, 3.63) is 35.9 Å². The van der Waals surface area contributed by atoms with E-state index in [1.165, 1.54) is 64.2 Å². The van der Waals surface area contributed by atoms with Crippen molar-refractivity contribution >= 4 is 11.9 Å². The Balaban J connectivity index is 0.000000142. The lowest BCUT2D eigenvalue weighted by molar-refractivity contribution is 0.568. The molecule has 34 heavy (non-hydrogen) atoms. The standard InChI is InChI=1S/2C14H17N3/c2*1-2-8-17(9-3-1)14-15-10-13(11-16-14)7-6-12-4-5-12/h2*10-12H,1-5,8-9H2. The number of hydrogen-bond acceptors (Lipinski definition) is 6. The van der Waals surface area contributed by atoms with E-state index in [1.54, 1.807) is 0 Å². The summed E-state index contributed by atoms with van der Waals surface area (Å²) in [6.45, 7) is 4.36. The lowest BCUT2D eigenvalue weighted by Crippen LogP contribution is -2.30. The zero-order valence-electron chi connectivity index (χ0n) is 20.0. The molecule has 6 heteroatoms. The van der Waals surface area contributed by atoms with E-state index >= 15 is 0 Å². The highest BCUT2D eigenvalue weighted by atomic mass is 15.3. The molecule has 2 aliphatic heterocycles. The van der Waals surface area contributed by atoms with Crippen LogP contribution >= 0.6 is 0 Å². The monoisotopic (exact) mass is 454 g/mol. The van der Waals surface area contributed by atoms with Crippen molar-refractivity contribution in [3.63, 3.8) is 0 Å². The van der Waals surface area contributed by atoms with Gasteiger partial charge >= 0.3 is 0 Å². The molecular formula is C28H34N6. The molecular weight excluding hydrogens is 420 g/mol. The number of piperidine rings is 2. The Kier molecular flexibility index (Phi) is 7.56. The minimum Gasteiger partial charge on any atom is -0.341 e. The van der Waals surface area contributed by atoms with Crippen LogP contribution in [0.2, 0.25) is 0 Å². The van der Waals surface area contributed by atoms with Crippen molar-refractivity contribution < 1.29 is 0 Å². The van der Waals surface area contributed by atoms with Gasteiger partial charge in [-0.05, 0) is 64.2 Å². The maximum atomic E-state index is 4.41. The second-order valence-corrected chi connectivity index (χ2v) is 9.73. The Morgan fingerprint density at radius 3 is 1.21 bits per heavy atom. The van der Waals surface area contributed by atoms with Crippen LogP contribution in [-0.4, -0.2) is 46.1 Å². The first-order valence-corrected chi connectivity index (χ1v) is 13.0. The number of anilines is 2. The second-order valence-electron chi connectivity index (χ2n) is 9.73. The molecule has 176 valence electrons. The summed E-state index contributed by atoms with van der Waals surface area (Å²) in [4.78, 5) is 22.2. The Labute approximate surface area is 203 Å². The molecule has 2 saturated heterocycles. The Hall–Kier alpha value is -3.12. The van der Waals surface area contributed by atoms with Gasteiger partial charge < -0.3 is 9.80 Å². The van der Waals surface area contributed by atoms with E-state index < -0.39 is 0 Å². The van der Waals surface area contributed by atoms with E-state index in [0.717, 1.165) is 49.2 Å². The molecule has 2 aromatic rings. The van der Waals surface area contributed by atoms with Gasteiger partial charge in [-0.3, -0.25) is 0 Å². The third-order valence-corrected chi connectivity index (χ3v) is 6.55. The van der Waals surface area contributed by atoms with Gasteiger partial charge in [0.15, 0.2) is 0 Å². The molecule has 2 aliphatic carbocycles. The topological polar surface area (TPSA) is 58.0 Å². The van der Waals surface area contributed by atoms with Crippen molar-refractivity contribution in [2.45, 2.75) is 64.2 Å². The van der Waals surface area contributed by atoms with Gasteiger partial charge in [0.1, 0.15) is 0 Å². The molecule has 0 N–H and O–H groups in total. The zero-order valence-corrected chi connectivity index (χ0v) is 20.0. The van der Waals surface area contributed by atoms with E-state index in [2.05, 4.69) is 53.4 Å². The van der Waals surface area contributed by atoms with Gasteiger partial charge in [-0.15, -0.1) is 0 Å². The number of nitrogens with zero attached hydrogens (tertiary/aromatic N) is 6. The van der Waals surface area contributed by atoms with E-state index in [4.69, 9.17) is 0 Å². The summed E-state index contributed by atoms with van der Waals surface area (Å²) in [7, 11) is 0. The maximum absolute atomic E-state index is 4.41. The lowest BCUT2D eigenvalue weighted by atomic mass is 10.1. The summed E-state index contributed by atoms with van der Waals surface area (Å²) in [6.07, 6.45) is 20.2. The van der Waals surface area contributed by atoms with E-state index in [1.807, 2.05) is 24.8 Å². The largest absolute Gasteiger partial charge is 0.341 e. The quantitative estimate of drug-likeness (QED) is 0.625. The Morgan fingerprint density at radius 1 is 0.529 bits per heavy atom. The predicted octanol–water partition coefficient (Wildman–Crippen LogP) is 4.46. The van der Waals surface area contributed by atoms with Gasteiger partial charge in [-0.2, -0.15) is 0 Å². The molecule has 0 atom stereocenters. The molecule has 2 saturated carbocycles. The van der Waals surface area contributed by atoms with Crippen molar-refractivity contribution in [2.75, 3.05) is 36.0 Å². The van der Waals surface area contributed by atoms with Crippen LogP contribution in [0.1, 0.15) is 75.3 Å². The predicted molar refractivity (Wildman–Crippen MR) is 135 cm³/mol.